The van der Waals surface area contributed by atoms with Crippen molar-refractivity contribution in [2.75, 3.05) is 17.1 Å². The zero-order valence-electron chi connectivity index (χ0n) is 10.7. The van der Waals surface area contributed by atoms with Crippen LogP contribution in [-0.4, -0.2) is 20.4 Å². The second-order valence-electron chi connectivity index (χ2n) is 3.96. The van der Waals surface area contributed by atoms with Gasteiger partial charge in [0.2, 0.25) is 0 Å². The maximum atomic E-state index is 12.4. The molecule has 0 fully saturated rings. The SMILES string of the molecule is CNc1cccnc1S(=O)(=O)Nc1cc(Cl)c(Cl)cc1Cl. The summed E-state index contributed by atoms with van der Waals surface area (Å²) in [5.41, 5.74) is 0.486. The van der Waals surface area contributed by atoms with Crippen LogP contribution in [0.25, 0.3) is 0 Å². The van der Waals surface area contributed by atoms with Crippen molar-refractivity contribution in [2.24, 2.45) is 0 Å². The quantitative estimate of drug-likeness (QED) is 0.805. The third-order valence-corrected chi connectivity index (χ3v) is 4.91. The Morgan fingerprint density at radius 1 is 1.05 bits per heavy atom. The van der Waals surface area contributed by atoms with E-state index in [4.69, 9.17) is 34.8 Å². The van der Waals surface area contributed by atoms with Crippen LogP contribution >= 0.6 is 34.8 Å². The molecule has 9 heteroatoms. The second-order valence-corrected chi connectivity index (χ2v) is 6.78. The highest BCUT2D eigenvalue weighted by Gasteiger charge is 2.21. The molecule has 2 aromatic rings. The Hall–Kier alpha value is -1.21. The van der Waals surface area contributed by atoms with Gasteiger partial charge in [0.25, 0.3) is 10.0 Å². The second kappa shape index (κ2) is 6.27. The van der Waals surface area contributed by atoms with Gasteiger partial charge in [0.1, 0.15) is 0 Å². The standard InChI is InChI=1S/C12H10Cl3N3O2S/c1-16-10-3-2-4-17-12(10)21(19,20)18-11-6-8(14)7(13)5-9(11)15/h2-6,16,18H,1H3. The predicted octanol–water partition coefficient (Wildman–Crippen LogP) is 3.88. The van der Waals surface area contributed by atoms with Crippen molar-refractivity contribution in [3.63, 3.8) is 0 Å². The van der Waals surface area contributed by atoms with E-state index in [1.165, 1.54) is 18.3 Å². The number of halogens is 3. The van der Waals surface area contributed by atoms with Gasteiger partial charge in [-0.05, 0) is 24.3 Å². The first-order chi connectivity index (χ1) is 9.85. The van der Waals surface area contributed by atoms with Gasteiger partial charge in [-0.3, -0.25) is 4.72 Å². The average Bonchev–Trinajstić information content (AvgIpc) is 2.44. The van der Waals surface area contributed by atoms with E-state index in [-0.39, 0.29) is 25.8 Å². The number of nitrogens with one attached hydrogen (secondary N) is 2. The van der Waals surface area contributed by atoms with Gasteiger partial charge in [-0.25, -0.2) is 4.98 Å². The topological polar surface area (TPSA) is 71.1 Å². The number of hydrogen-bond acceptors (Lipinski definition) is 4. The predicted molar refractivity (Wildman–Crippen MR) is 86.1 cm³/mol. The minimum absolute atomic E-state index is 0.124. The lowest BCUT2D eigenvalue weighted by molar-refractivity contribution is 0.598. The lowest BCUT2D eigenvalue weighted by Gasteiger charge is -2.12. The van der Waals surface area contributed by atoms with Gasteiger partial charge < -0.3 is 5.32 Å². The van der Waals surface area contributed by atoms with Crippen LogP contribution in [0.5, 0.6) is 0 Å². The molecular weight excluding hydrogens is 357 g/mol. The summed E-state index contributed by atoms with van der Waals surface area (Å²) in [4.78, 5) is 3.87. The van der Waals surface area contributed by atoms with Crippen molar-refractivity contribution < 1.29 is 8.42 Å². The van der Waals surface area contributed by atoms with E-state index >= 15 is 0 Å². The third kappa shape index (κ3) is 3.52. The highest BCUT2D eigenvalue weighted by atomic mass is 35.5. The smallest absolute Gasteiger partial charge is 0.281 e. The number of anilines is 2. The van der Waals surface area contributed by atoms with E-state index in [1.54, 1.807) is 19.2 Å². The van der Waals surface area contributed by atoms with E-state index in [1.807, 2.05) is 0 Å². The molecule has 0 unspecified atom stereocenters. The molecule has 1 heterocycles. The first-order valence-electron chi connectivity index (χ1n) is 5.65. The molecule has 0 aliphatic rings. The Balaban J connectivity index is 2.45. The summed E-state index contributed by atoms with van der Waals surface area (Å²) in [5, 5.41) is 3.17. The van der Waals surface area contributed by atoms with Crippen molar-refractivity contribution in [3.05, 3.63) is 45.5 Å². The highest BCUT2D eigenvalue weighted by Crippen LogP contribution is 2.33. The zero-order chi connectivity index (χ0) is 15.6. The number of hydrogen-bond donors (Lipinski definition) is 2. The maximum Gasteiger partial charge on any atom is 0.281 e. The largest absolute Gasteiger partial charge is 0.386 e. The first kappa shape index (κ1) is 16.2. The van der Waals surface area contributed by atoms with Crippen molar-refractivity contribution in [1.29, 1.82) is 0 Å². The molecule has 2 rings (SSSR count). The van der Waals surface area contributed by atoms with Crippen LogP contribution in [0.1, 0.15) is 0 Å². The Morgan fingerprint density at radius 3 is 2.38 bits per heavy atom. The van der Waals surface area contributed by atoms with Gasteiger partial charge in [-0.2, -0.15) is 8.42 Å². The number of sulfonamides is 1. The Kier molecular flexibility index (Phi) is 4.83. The minimum atomic E-state index is -3.92. The Bertz CT molecular complexity index is 781. The van der Waals surface area contributed by atoms with Gasteiger partial charge in [0, 0.05) is 13.2 Å². The van der Waals surface area contributed by atoms with Gasteiger partial charge in [0.15, 0.2) is 5.03 Å². The lowest BCUT2D eigenvalue weighted by Crippen LogP contribution is -2.16. The summed E-state index contributed by atoms with van der Waals surface area (Å²) in [6, 6.07) is 5.92. The van der Waals surface area contributed by atoms with Crippen LogP contribution in [0.4, 0.5) is 11.4 Å². The summed E-state index contributed by atoms with van der Waals surface area (Å²) in [7, 11) is -2.32. The molecule has 0 aliphatic heterocycles. The zero-order valence-corrected chi connectivity index (χ0v) is 13.8. The van der Waals surface area contributed by atoms with Gasteiger partial charge in [0.05, 0.1) is 26.4 Å². The number of benzene rings is 1. The van der Waals surface area contributed by atoms with Crippen molar-refractivity contribution >= 4 is 56.2 Å². The molecule has 0 saturated carbocycles. The van der Waals surface area contributed by atoms with E-state index in [0.717, 1.165) is 0 Å². The summed E-state index contributed by atoms with van der Waals surface area (Å²) in [5.74, 6) is 0. The van der Waals surface area contributed by atoms with Crippen LogP contribution in [0.15, 0.2) is 35.5 Å². The van der Waals surface area contributed by atoms with Gasteiger partial charge >= 0.3 is 0 Å². The number of rotatable bonds is 4. The Labute approximate surface area is 137 Å². The molecule has 21 heavy (non-hydrogen) atoms. The number of aromatic nitrogens is 1. The molecule has 2 N–H and O–H groups in total. The van der Waals surface area contributed by atoms with Crippen LogP contribution in [0.2, 0.25) is 15.1 Å². The van der Waals surface area contributed by atoms with E-state index in [2.05, 4.69) is 15.0 Å². The fourth-order valence-electron chi connectivity index (χ4n) is 1.59. The molecule has 0 atom stereocenters. The van der Waals surface area contributed by atoms with Gasteiger partial charge in [-0.15, -0.1) is 0 Å². The molecular formula is C12H10Cl3N3O2S. The number of nitrogens with zero attached hydrogens (tertiary/aromatic N) is 1. The van der Waals surface area contributed by atoms with Gasteiger partial charge in [-0.1, -0.05) is 34.8 Å². The summed E-state index contributed by atoms with van der Waals surface area (Å²) in [6.45, 7) is 0. The first-order valence-corrected chi connectivity index (χ1v) is 8.27. The van der Waals surface area contributed by atoms with E-state index in [0.29, 0.717) is 5.69 Å². The minimum Gasteiger partial charge on any atom is -0.386 e. The van der Waals surface area contributed by atoms with Crippen molar-refractivity contribution in [3.8, 4) is 0 Å². The lowest BCUT2D eigenvalue weighted by atomic mass is 10.3. The monoisotopic (exact) mass is 365 g/mol. The van der Waals surface area contributed by atoms with Crippen LogP contribution in [-0.2, 0) is 10.0 Å². The normalized spacial score (nSPS) is 11.2. The molecule has 0 spiro atoms. The molecule has 0 saturated heterocycles. The molecule has 0 aliphatic carbocycles. The van der Waals surface area contributed by atoms with Crippen LogP contribution in [0, 0.1) is 0 Å². The number of pyridine rings is 1. The maximum absolute atomic E-state index is 12.4. The molecule has 112 valence electrons. The fraction of sp³-hybridized carbons (Fsp3) is 0.0833. The molecule has 0 bridgehead atoms. The average molecular weight is 367 g/mol. The molecule has 5 nitrogen and oxygen atoms in total. The highest BCUT2D eigenvalue weighted by molar-refractivity contribution is 7.92. The molecule has 0 amide bonds. The summed E-state index contributed by atoms with van der Waals surface area (Å²) < 4.78 is 27.1. The van der Waals surface area contributed by atoms with Crippen molar-refractivity contribution in [1.82, 2.24) is 4.98 Å². The van der Waals surface area contributed by atoms with E-state index in [9.17, 15) is 8.42 Å². The van der Waals surface area contributed by atoms with Crippen LogP contribution in [0.3, 0.4) is 0 Å². The third-order valence-electron chi connectivity index (χ3n) is 2.55. The van der Waals surface area contributed by atoms with Crippen molar-refractivity contribution in [2.45, 2.75) is 5.03 Å². The Morgan fingerprint density at radius 2 is 1.71 bits per heavy atom. The summed E-state index contributed by atoms with van der Waals surface area (Å²) in [6.07, 6.45) is 1.38. The molecule has 1 aromatic carbocycles. The molecule has 1 aromatic heterocycles. The fourth-order valence-corrected chi connectivity index (χ4v) is 3.45. The summed E-state index contributed by atoms with van der Waals surface area (Å²) >= 11 is 17.6. The van der Waals surface area contributed by atoms with E-state index < -0.39 is 10.0 Å². The molecule has 0 radical (unpaired) electrons. The van der Waals surface area contributed by atoms with Crippen LogP contribution < -0.4 is 10.0 Å².